The van der Waals surface area contributed by atoms with Crippen molar-refractivity contribution in [1.82, 2.24) is 4.31 Å². The molecule has 1 aromatic carbocycles. The van der Waals surface area contributed by atoms with E-state index in [1.807, 2.05) is 0 Å². The van der Waals surface area contributed by atoms with Crippen LogP contribution in [-0.2, 0) is 14.8 Å². The number of hydrogen-bond acceptors (Lipinski definition) is 4. The van der Waals surface area contributed by atoms with Crippen molar-refractivity contribution in [2.24, 2.45) is 11.1 Å². The van der Waals surface area contributed by atoms with Crippen LogP contribution in [0.4, 0.5) is 5.69 Å². The van der Waals surface area contributed by atoms with Crippen LogP contribution in [0.2, 0.25) is 0 Å². The number of nitrogens with zero attached hydrogens (tertiary/aromatic N) is 1. The van der Waals surface area contributed by atoms with Crippen molar-refractivity contribution in [1.29, 1.82) is 0 Å². The molecule has 0 atom stereocenters. The highest BCUT2D eigenvalue weighted by atomic mass is 32.2. The Labute approximate surface area is 150 Å². The quantitative estimate of drug-likeness (QED) is 0.808. The van der Waals surface area contributed by atoms with Gasteiger partial charge in [0.05, 0.1) is 4.90 Å². The van der Waals surface area contributed by atoms with Gasteiger partial charge in [0.15, 0.2) is 0 Å². The lowest BCUT2D eigenvalue weighted by atomic mass is 9.71. The smallest absolute Gasteiger partial charge is 0.242 e. The van der Waals surface area contributed by atoms with Crippen LogP contribution in [0.25, 0.3) is 0 Å². The fraction of sp³-hybridized carbons (Fsp3) is 0.611. The van der Waals surface area contributed by atoms with Crippen LogP contribution in [-0.4, -0.2) is 39.3 Å². The minimum absolute atomic E-state index is 0.107. The Morgan fingerprint density at radius 2 is 1.88 bits per heavy atom. The van der Waals surface area contributed by atoms with Gasteiger partial charge < -0.3 is 11.1 Å². The third-order valence-electron chi connectivity index (χ3n) is 5.11. The summed E-state index contributed by atoms with van der Waals surface area (Å²) in [4.78, 5) is 12.7. The van der Waals surface area contributed by atoms with E-state index in [-0.39, 0.29) is 16.2 Å². The van der Waals surface area contributed by atoms with E-state index in [0.29, 0.717) is 24.2 Å². The molecule has 1 aliphatic rings. The molecule has 1 amide bonds. The molecule has 0 spiro atoms. The molecular formula is C18H29N3O3S. The summed E-state index contributed by atoms with van der Waals surface area (Å²) in [6, 6.07) is 4.97. The highest BCUT2D eigenvalue weighted by molar-refractivity contribution is 7.89. The van der Waals surface area contributed by atoms with Gasteiger partial charge in [0.1, 0.15) is 0 Å². The molecule has 0 unspecified atom stereocenters. The van der Waals surface area contributed by atoms with Gasteiger partial charge in [-0.05, 0) is 49.4 Å². The first kappa shape index (κ1) is 19.9. The van der Waals surface area contributed by atoms with Crippen LogP contribution >= 0.6 is 0 Å². The van der Waals surface area contributed by atoms with Crippen LogP contribution in [0.15, 0.2) is 23.1 Å². The summed E-state index contributed by atoms with van der Waals surface area (Å²) in [5, 5.41) is 2.85. The van der Waals surface area contributed by atoms with Crippen molar-refractivity contribution in [3.63, 3.8) is 0 Å². The monoisotopic (exact) mass is 367 g/mol. The van der Waals surface area contributed by atoms with E-state index >= 15 is 0 Å². The lowest BCUT2D eigenvalue weighted by molar-refractivity contribution is -0.118. The minimum atomic E-state index is -3.55. The van der Waals surface area contributed by atoms with Gasteiger partial charge in [0.25, 0.3) is 0 Å². The summed E-state index contributed by atoms with van der Waals surface area (Å²) in [6.07, 6.45) is 5.76. The predicted octanol–water partition coefficient (Wildman–Crippen LogP) is 2.48. The van der Waals surface area contributed by atoms with Gasteiger partial charge in [-0.15, -0.1) is 0 Å². The maximum absolute atomic E-state index is 12.5. The first-order valence-corrected chi connectivity index (χ1v) is 10.2. The Kier molecular flexibility index (Phi) is 6.24. The molecule has 25 heavy (non-hydrogen) atoms. The van der Waals surface area contributed by atoms with E-state index in [2.05, 4.69) is 5.32 Å². The Hall–Kier alpha value is -1.44. The number of carbonyl (C=O) groups is 1. The number of carbonyl (C=O) groups excluding carboxylic acids is 1. The van der Waals surface area contributed by atoms with Gasteiger partial charge in [-0.3, -0.25) is 4.79 Å². The normalized spacial score (nSPS) is 17.5. The van der Waals surface area contributed by atoms with Crippen molar-refractivity contribution in [2.75, 3.05) is 26.0 Å². The third-order valence-corrected chi connectivity index (χ3v) is 7.07. The molecule has 0 heterocycles. The number of hydrogen-bond donors (Lipinski definition) is 2. The van der Waals surface area contributed by atoms with Crippen molar-refractivity contribution in [2.45, 2.75) is 50.3 Å². The van der Waals surface area contributed by atoms with Crippen molar-refractivity contribution in [3.8, 4) is 0 Å². The molecule has 6 nitrogen and oxygen atoms in total. The summed E-state index contributed by atoms with van der Waals surface area (Å²) in [5.41, 5.74) is 6.98. The number of aryl methyl sites for hydroxylation is 1. The van der Waals surface area contributed by atoms with E-state index in [0.717, 1.165) is 25.7 Å². The van der Waals surface area contributed by atoms with Gasteiger partial charge in [0, 0.05) is 26.2 Å². The molecule has 3 N–H and O–H groups in total. The average Bonchev–Trinajstić information content (AvgIpc) is 2.57. The minimum Gasteiger partial charge on any atom is -0.330 e. The maximum Gasteiger partial charge on any atom is 0.242 e. The molecule has 1 aliphatic carbocycles. The maximum atomic E-state index is 12.5. The van der Waals surface area contributed by atoms with E-state index in [4.69, 9.17) is 5.73 Å². The van der Waals surface area contributed by atoms with Gasteiger partial charge in [-0.1, -0.05) is 25.3 Å². The summed E-state index contributed by atoms with van der Waals surface area (Å²) >= 11 is 0. The Bertz CT molecular complexity index is 723. The van der Waals surface area contributed by atoms with Crippen LogP contribution < -0.4 is 11.1 Å². The van der Waals surface area contributed by atoms with Crippen molar-refractivity contribution < 1.29 is 13.2 Å². The van der Waals surface area contributed by atoms with Gasteiger partial charge in [-0.2, -0.15) is 0 Å². The zero-order valence-corrected chi connectivity index (χ0v) is 16.2. The van der Waals surface area contributed by atoms with Crippen LogP contribution in [0, 0.1) is 12.3 Å². The number of anilines is 1. The van der Waals surface area contributed by atoms with Crippen LogP contribution in [0.5, 0.6) is 0 Å². The van der Waals surface area contributed by atoms with E-state index in [9.17, 15) is 13.2 Å². The fourth-order valence-corrected chi connectivity index (χ4v) is 4.60. The topological polar surface area (TPSA) is 92.5 Å². The fourth-order valence-electron chi connectivity index (χ4n) is 3.45. The number of rotatable bonds is 6. The van der Waals surface area contributed by atoms with E-state index in [1.165, 1.54) is 30.9 Å². The number of sulfonamides is 1. The van der Waals surface area contributed by atoms with E-state index < -0.39 is 10.0 Å². The SMILES string of the molecule is Cc1ccc(NC(=O)CC2(CN)CCCCC2)cc1S(=O)(=O)N(C)C. The molecule has 1 aromatic rings. The summed E-state index contributed by atoms with van der Waals surface area (Å²) in [6.45, 7) is 2.25. The largest absolute Gasteiger partial charge is 0.330 e. The van der Waals surface area contributed by atoms with Crippen molar-refractivity contribution in [3.05, 3.63) is 23.8 Å². The predicted molar refractivity (Wildman–Crippen MR) is 99.9 cm³/mol. The third kappa shape index (κ3) is 4.59. The molecule has 0 bridgehead atoms. The van der Waals surface area contributed by atoms with Crippen molar-refractivity contribution >= 4 is 21.6 Å². The first-order valence-electron chi connectivity index (χ1n) is 8.73. The standard InChI is InChI=1S/C18H29N3O3S/c1-14-7-8-15(11-16(14)25(23,24)21(2)3)20-17(22)12-18(13-19)9-5-4-6-10-18/h7-8,11H,4-6,9-10,12-13,19H2,1-3H3,(H,20,22). The second-order valence-electron chi connectivity index (χ2n) is 7.26. The van der Waals surface area contributed by atoms with Crippen LogP contribution in [0.1, 0.15) is 44.1 Å². The second kappa shape index (κ2) is 7.85. The molecule has 0 aliphatic heterocycles. The molecule has 2 rings (SSSR count). The Morgan fingerprint density at radius 1 is 1.24 bits per heavy atom. The molecule has 0 aromatic heterocycles. The Morgan fingerprint density at radius 3 is 2.44 bits per heavy atom. The second-order valence-corrected chi connectivity index (χ2v) is 9.38. The summed E-state index contributed by atoms with van der Waals surface area (Å²) < 4.78 is 26.0. The Balaban J connectivity index is 2.16. The average molecular weight is 368 g/mol. The molecule has 140 valence electrons. The molecule has 1 saturated carbocycles. The van der Waals surface area contributed by atoms with E-state index in [1.54, 1.807) is 19.1 Å². The lowest BCUT2D eigenvalue weighted by Crippen LogP contribution is -2.36. The van der Waals surface area contributed by atoms with Crippen LogP contribution in [0.3, 0.4) is 0 Å². The lowest BCUT2D eigenvalue weighted by Gasteiger charge is -2.35. The zero-order chi connectivity index (χ0) is 18.7. The highest BCUT2D eigenvalue weighted by Crippen LogP contribution is 2.38. The summed E-state index contributed by atoms with van der Waals surface area (Å²) in [5.74, 6) is -0.107. The highest BCUT2D eigenvalue weighted by Gasteiger charge is 2.33. The molecule has 0 radical (unpaired) electrons. The van der Waals surface area contributed by atoms with Gasteiger partial charge in [0.2, 0.25) is 15.9 Å². The van der Waals surface area contributed by atoms with Gasteiger partial charge >= 0.3 is 0 Å². The zero-order valence-electron chi connectivity index (χ0n) is 15.3. The number of amides is 1. The molecule has 1 fully saturated rings. The van der Waals surface area contributed by atoms with Gasteiger partial charge in [-0.25, -0.2) is 12.7 Å². The number of nitrogens with one attached hydrogen (secondary N) is 1. The molecule has 7 heteroatoms. The number of benzene rings is 1. The molecule has 0 saturated heterocycles. The molecular weight excluding hydrogens is 338 g/mol. The number of nitrogens with two attached hydrogens (primary N) is 1. The summed E-state index contributed by atoms with van der Waals surface area (Å²) in [7, 11) is -0.559. The first-order chi connectivity index (χ1) is 11.7.